The van der Waals surface area contributed by atoms with Crippen molar-refractivity contribution < 1.29 is 14.6 Å². The fourth-order valence-corrected chi connectivity index (χ4v) is 2.63. The van der Waals surface area contributed by atoms with Crippen LogP contribution in [-0.2, 0) is 0 Å². The number of rotatable bonds is 3. The van der Waals surface area contributed by atoms with Gasteiger partial charge < -0.3 is 15.6 Å². The minimum absolute atomic E-state index is 0.0230. The third-order valence-electron chi connectivity index (χ3n) is 2.38. The van der Waals surface area contributed by atoms with E-state index in [4.69, 9.17) is 15.6 Å². The van der Waals surface area contributed by atoms with Gasteiger partial charge in [0.15, 0.2) is 5.75 Å². The van der Waals surface area contributed by atoms with Crippen molar-refractivity contribution in [2.45, 2.75) is 0 Å². The second-order valence-electron chi connectivity index (χ2n) is 3.71. The Labute approximate surface area is 126 Å². The van der Waals surface area contributed by atoms with Crippen LogP contribution in [0.2, 0.25) is 0 Å². The predicted octanol–water partition coefficient (Wildman–Crippen LogP) is 4.28. The summed E-state index contributed by atoms with van der Waals surface area (Å²) in [6.07, 6.45) is 0. The second-order valence-corrected chi connectivity index (χ2v) is 5.48. The van der Waals surface area contributed by atoms with E-state index in [9.17, 15) is 4.79 Å². The molecule has 0 saturated carbocycles. The largest absolute Gasteiger partial charge is 0.478 e. The molecule has 98 valence electrons. The van der Waals surface area contributed by atoms with E-state index in [1.807, 2.05) is 0 Å². The number of nitrogen functional groups attached to an aromatic ring is 1. The summed E-state index contributed by atoms with van der Waals surface area (Å²) in [6.45, 7) is 0. The number of aromatic carboxylic acids is 1. The van der Waals surface area contributed by atoms with E-state index < -0.39 is 5.97 Å². The number of carboxylic acid groups (broad SMARTS) is 1. The molecular formula is C13H9Br2NO3. The zero-order valence-electron chi connectivity index (χ0n) is 9.56. The second kappa shape index (κ2) is 5.63. The van der Waals surface area contributed by atoms with Gasteiger partial charge in [0.25, 0.3) is 0 Å². The highest BCUT2D eigenvalue weighted by atomic mass is 79.9. The summed E-state index contributed by atoms with van der Waals surface area (Å²) in [5.74, 6) is -0.461. The quantitative estimate of drug-likeness (QED) is 0.772. The molecule has 0 radical (unpaired) electrons. The molecule has 0 fully saturated rings. The van der Waals surface area contributed by atoms with Gasteiger partial charge in [0.1, 0.15) is 11.3 Å². The van der Waals surface area contributed by atoms with Crippen LogP contribution >= 0.6 is 31.9 Å². The molecule has 4 nitrogen and oxygen atoms in total. The molecule has 3 N–H and O–H groups in total. The third-order valence-corrected chi connectivity index (χ3v) is 3.49. The van der Waals surface area contributed by atoms with Crippen LogP contribution in [0.4, 0.5) is 5.69 Å². The Bertz CT molecular complexity index is 644. The minimum atomic E-state index is -1.09. The molecule has 0 aliphatic rings. The smallest absolute Gasteiger partial charge is 0.339 e. The maximum atomic E-state index is 11.1. The Morgan fingerprint density at radius 2 is 1.95 bits per heavy atom. The lowest BCUT2D eigenvalue weighted by Gasteiger charge is -2.12. The van der Waals surface area contributed by atoms with Gasteiger partial charge in [-0.15, -0.1) is 0 Å². The van der Waals surface area contributed by atoms with Crippen LogP contribution in [0.5, 0.6) is 11.5 Å². The van der Waals surface area contributed by atoms with Crippen molar-refractivity contribution in [3.8, 4) is 11.5 Å². The third kappa shape index (κ3) is 3.08. The lowest BCUT2D eigenvalue weighted by atomic mass is 10.1. The van der Waals surface area contributed by atoms with E-state index in [-0.39, 0.29) is 17.0 Å². The summed E-state index contributed by atoms with van der Waals surface area (Å²) in [5, 5.41) is 9.13. The molecule has 2 aromatic carbocycles. The standard InChI is InChI=1S/C13H9Br2NO3/c14-7-4-5-11(9(15)6-7)19-12-8(13(17)18)2-1-3-10(12)16/h1-6H,16H2,(H,17,18). The van der Waals surface area contributed by atoms with Gasteiger partial charge in [-0.05, 0) is 46.3 Å². The Kier molecular flexibility index (Phi) is 4.11. The van der Waals surface area contributed by atoms with E-state index in [1.165, 1.54) is 6.07 Å². The molecule has 2 rings (SSSR count). The molecule has 0 aliphatic carbocycles. The highest BCUT2D eigenvalue weighted by Crippen LogP contribution is 2.36. The highest BCUT2D eigenvalue weighted by Gasteiger charge is 2.15. The average Bonchev–Trinajstić information content (AvgIpc) is 2.34. The van der Waals surface area contributed by atoms with Gasteiger partial charge in [0.05, 0.1) is 10.2 Å². The topological polar surface area (TPSA) is 72.6 Å². The first-order valence-electron chi connectivity index (χ1n) is 5.23. The van der Waals surface area contributed by atoms with Crippen LogP contribution in [0, 0.1) is 0 Å². The minimum Gasteiger partial charge on any atom is -0.478 e. The van der Waals surface area contributed by atoms with Crippen LogP contribution in [0.3, 0.4) is 0 Å². The molecule has 0 amide bonds. The zero-order valence-corrected chi connectivity index (χ0v) is 12.7. The van der Waals surface area contributed by atoms with Gasteiger partial charge in [-0.1, -0.05) is 22.0 Å². The molecule has 0 heterocycles. The summed E-state index contributed by atoms with van der Waals surface area (Å²) in [5.41, 5.74) is 6.07. The number of hydrogen-bond donors (Lipinski definition) is 2. The number of halogens is 2. The van der Waals surface area contributed by atoms with Crippen molar-refractivity contribution in [2.75, 3.05) is 5.73 Å². The fraction of sp³-hybridized carbons (Fsp3) is 0. The summed E-state index contributed by atoms with van der Waals surface area (Å²) in [7, 11) is 0. The van der Waals surface area contributed by atoms with E-state index in [0.29, 0.717) is 10.2 Å². The van der Waals surface area contributed by atoms with Crippen molar-refractivity contribution in [3.05, 3.63) is 50.9 Å². The Morgan fingerprint density at radius 3 is 2.58 bits per heavy atom. The zero-order chi connectivity index (χ0) is 14.0. The molecular weight excluding hydrogens is 378 g/mol. The average molecular weight is 387 g/mol. The fourth-order valence-electron chi connectivity index (χ4n) is 1.51. The van der Waals surface area contributed by atoms with Gasteiger partial charge in [-0.2, -0.15) is 0 Å². The Hall–Kier alpha value is -1.53. The van der Waals surface area contributed by atoms with E-state index >= 15 is 0 Å². The van der Waals surface area contributed by atoms with E-state index in [0.717, 1.165) is 4.47 Å². The normalized spacial score (nSPS) is 10.2. The molecule has 6 heteroatoms. The molecule has 0 aliphatic heterocycles. The van der Waals surface area contributed by atoms with Crippen molar-refractivity contribution in [3.63, 3.8) is 0 Å². The number of anilines is 1. The number of carboxylic acids is 1. The van der Waals surface area contributed by atoms with Crippen molar-refractivity contribution in [2.24, 2.45) is 0 Å². The monoisotopic (exact) mass is 385 g/mol. The summed E-state index contributed by atoms with van der Waals surface area (Å²) < 4.78 is 7.19. The molecule has 0 saturated heterocycles. The number of hydrogen-bond acceptors (Lipinski definition) is 3. The van der Waals surface area contributed by atoms with Crippen LogP contribution in [0.15, 0.2) is 45.3 Å². The Morgan fingerprint density at radius 1 is 1.21 bits per heavy atom. The molecule has 2 aromatic rings. The van der Waals surface area contributed by atoms with Gasteiger partial charge >= 0.3 is 5.97 Å². The van der Waals surface area contributed by atoms with E-state index in [1.54, 1.807) is 30.3 Å². The first-order valence-corrected chi connectivity index (χ1v) is 6.82. The van der Waals surface area contributed by atoms with Gasteiger partial charge in [0.2, 0.25) is 0 Å². The van der Waals surface area contributed by atoms with Crippen molar-refractivity contribution in [1.29, 1.82) is 0 Å². The molecule has 19 heavy (non-hydrogen) atoms. The maximum Gasteiger partial charge on any atom is 0.339 e. The number of ether oxygens (including phenoxy) is 1. The summed E-state index contributed by atoms with van der Waals surface area (Å²) >= 11 is 6.68. The van der Waals surface area contributed by atoms with Gasteiger partial charge in [-0.25, -0.2) is 4.79 Å². The first-order chi connectivity index (χ1) is 8.99. The SMILES string of the molecule is Nc1cccc(C(=O)O)c1Oc1ccc(Br)cc1Br. The van der Waals surface area contributed by atoms with Crippen LogP contribution < -0.4 is 10.5 Å². The van der Waals surface area contributed by atoms with Crippen LogP contribution in [0.25, 0.3) is 0 Å². The predicted molar refractivity (Wildman–Crippen MR) is 79.7 cm³/mol. The highest BCUT2D eigenvalue weighted by molar-refractivity contribution is 9.11. The summed E-state index contributed by atoms with van der Waals surface area (Å²) in [4.78, 5) is 11.1. The number of nitrogens with two attached hydrogens (primary N) is 1. The molecule has 0 spiro atoms. The van der Waals surface area contributed by atoms with Crippen LogP contribution in [0.1, 0.15) is 10.4 Å². The summed E-state index contributed by atoms with van der Waals surface area (Å²) in [6, 6.07) is 9.92. The lowest BCUT2D eigenvalue weighted by Crippen LogP contribution is -2.03. The number of carbonyl (C=O) groups is 1. The molecule has 0 atom stereocenters. The molecule has 0 bridgehead atoms. The molecule has 0 aromatic heterocycles. The van der Waals surface area contributed by atoms with Crippen molar-refractivity contribution in [1.82, 2.24) is 0 Å². The number of benzene rings is 2. The molecule has 0 unspecified atom stereocenters. The maximum absolute atomic E-state index is 11.1. The van der Waals surface area contributed by atoms with Crippen molar-refractivity contribution >= 4 is 43.5 Å². The van der Waals surface area contributed by atoms with Gasteiger partial charge in [0, 0.05) is 4.47 Å². The van der Waals surface area contributed by atoms with E-state index in [2.05, 4.69) is 31.9 Å². The lowest BCUT2D eigenvalue weighted by molar-refractivity contribution is 0.0694. The first kappa shape index (κ1) is 13.9. The number of para-hydroxylation sites is 1. The van der Waals surface area contributed by atoms with Crippen LogP contribution in [-0.4, -0.2) is 11.1 Å². The Balaban J connectivity index is 2.46. The van der Waals surface area contributed by atoms with Gasteiger partial charge in [-0.3, -0.25) is 0 Å².